The van der Waals surface area contributed by atoms with Crippen molar-refractivity contribution in [2.75, 3.05) is 0 Å². The van der Waals surface area contributed by atoms with Gasteiger partial charge in [0.05, 0.1) is 11.5 Å². The number of Topliss-reactive ketones (excluding diaryl/α,β-unsaturated/α-hetero) is 1. The highest BCUT2D eigenvalue weighted by molar-refractivity contribution is 6.48. The first-order chi connectivity index (χ1) is 14.0. The average molecular weight is 429 g/mol. The van der Waals surface area contributed by atoms with Gasteiger partial charge < -0.3 is 4.43 Å². The SMILES string of the molecule is CC(C)C(C)(C)C(O[SiH](C)C)[C@]12CC[C@H]3C(=CC=C4CCCC[C@@]43C)[C@@H]1CCC2=O. The monoisotopic (exact) mass is 428 g/mol. The summed E-state index contributed by atoms with van der Waals surface area (Å²) in [6.07, 6.45) is 14.3. The Morgan fingerprint density at radius 3 is 2.47 bits per heavy atom. The van der Waals surface area contributed by atoms with Crippen LogP contribution in [-0.4, -0.2) is 20.9 Å². The number of ketones is 1. The van der Waals surface area contributed by atoms with E-state index in [0.29, 0.717) is 29.0 Å². The maximum atomic E-state index is 13.8. The van der Waals surface area contributed by atoms with Crippen LogP contribution in [0.3, 0.4) is 0 Å². The van der Waals surface area contributed by atoms with Gasteiger partial charge in [0.1, 0.15) is 5.78 Å². The minimum absolute atomic E-state index is 0.00662. The van der Waals surface area contributed by atoms with Crippen LogP contribution in [0.15, 0.2) is 23.3 Å². The molecule has 30 heavy (non-hydrogen) atoms. The fourth-order valence-corrected chi connectivity index (χ4v) is 8.70. The molecule has 5 atom stereocenters. The van der Waals surface area contributed by atoms with Gasteiger partial charge in [0, 0.05) is 6.42 Å². The van der Waals surface area contributed by atoms with Crippen LogP contribution in [0.4, 0.5) is 0 Å². The van der Waals surface area contributed by atoms with Gasteiger partial charge in [-0.3, -0.25) is 4.79 Å². The van der Waals surface area contributed by atoms with Gasteiger partial charge in [0.2, 0.25) is 0 Å². The average Bonchev–Trinajstić information content (AvgIpc) is 3.02. The lowest BCUT2D eigenvalue weighted by Crippen LogP contribution is -2.58. The summed E-state index contributed by atoms with van der Waals surface area (Å²) in [4.78, 5) is 13.8. The lowest BCUT2D eigenvalue weighted by Gasteiger charge is -2.58. The number of hydrogen-bond acceptors (Lipinski definition) is 2. The fourth-order valence-electron chi connectivity index (χ4n) is 7.57. The Balaban J connectivity index is 1.80. The lowest BCUT2D eigenvalue weighted by molar-refractivity contribution is -0.147. The van der Waals surface area contributed by atoms with Crippen LogP contribution in [0, 0.1) is 34.0 Å². The standard InChI is InChI=1S/C27H44O2Si/c1-18(2)25(3,4)24(29-30(6)7)27-17-15-21-20(22(27)13-14-23(27)28)12-11-19-10-8-9-16-26(19,21)5/h11-12,18,21-22,24,30H,8-10,13-17H2,1-7H3/t21-,22-,24?,26-,27+/m0/s1. The molecule has 1 unspecified atom stereocenters. The second kappa shape index (κ2) is 7.73. The highest BCUT2D eigenvalue weighted by Gasteiger charge is 2.64. The number of allylic oxidation sites excluding steroid dienone is 4. The molecule has 4 rings (SSSR count). The van der Waals surface area contributed by atoms with Gasteiger partial charge in [-0.1, -0.05) is 64.3 Å². The molecule has 0 bridgehead atoms. The normalized spacial score (nSPS) is 37.4. The summed E-state index contributed by atoms with van der Waals surface area (Å²) in [6, 6.07) is 0. The number of carbonyl (C=O) groups is 1. The summed E-state index contributed by atoms with van der Waals surface area (Å²) >= 11 is 0. The van der Waals surface area contributed by atoms with E-state index in [-0.39, 0.29) is 16.9 Å². The van der Waals surface area contributed by atoms with Gasteiger partial charge in [-0.15, -0.1) is 0 Å². The third kappa shape index (κ3) is 3.17. The molecule has 0 N–H and O–H groups in total. The summed E-state index contributed by atoms with van der Waals surface area (Å²) in [5.74, 6) is 2.01. The van der Waals surface area contributed by atoms with Crippen molar-refractivity contribution in [2.24, 2.45) is 34.0 Å². The molecule has 168 valence electrons. The zero-order valence-electron chi connectivity index (χ0n) is 20.5. The van der Waals surface area contributed by atoms with Crippen molar-refractivity contribution in [1.82, 2.24) is 0 Å². The zero-order valence-corrected chi connectivity index (χ0v) is 21.7. The molecule has 0 amide bonds. The second-order valence-corrected chi connectivity index (χ2v) is 14.5. The van der Waals surface area contributed by atoms with E-state index < -0.39 is 9.04 Å². The molecule has 3 fully saturated rings. The smallest absolute Gasteiger partial charge is 0.171 e. The van der Waals surface area contributed by atoms with Gasteiger partial charge in [-0.2, -0.15) is 0 Å². The Labute approximate surface area is 186 Å². The van der Waals surface area contributed by atoms with Gasteiger partial charge in [0.25, 0.3) is 0 Å². The molecule has 0 radical (unpaired) electrons. The summed E-state index contributed by atoms with van der Waals surface area (Å²) in [5, 5.41) is 0. The van der Waals surface area contributed by atoms with Crippen molar-refractivity contribution in [3.05, 3.63) is 23.3 Å². The molecule has 0 aromatic carbocycles. The molecule has 4 aliphatic rings. The van der Waals surface area contributed by atoms with E-state index in [9.17, 15) is 4.79 Å². The van der Waals surface area contributed by atoms with Gasteiger partial charge in [-0.25, -0.2) is 0 Å². The number of rotatable bonds is 5. The van der Waals surface area contributed by atoms with Crippen LogP contribution >= 0.6 is 0 Å². The predicted octanol–water partition coefficient (Wildman–Crippen LogP) is 6.86. The van der Waals surface area contributed by atoms with Crippen molar-refractivity contribution in [2.45, 2.75) is 105 Å². The molecule has 4 aliphatic carbocycles. The number of hydrogen-bond donors (Lipinski definition) is 0. The van der Waals surface area contributed by atoms with Crippen molar-refractivity contribution >= 4 is 14.8 Å². The molecule has 3 heteroatoms. The first kappa shape index (κ1) is 22.5. The topological polar surface area (TPSA) is 26.3 Å². The van der Waals surface area contributed by atoms with Gasteiger partial charge >= 0.3 is 0 Å². The molecule has 0 heterocycles. The Hall–Kier alpha value is -0.673. The number of fused-ring (bicyclic) bond motifs is 5. The van der Waals surface area contributed by atoms with Gasteiger partial charge in [0.15, 0.2) is 9.04 Å². The summed E-state index contributed by atoms with van der Waals surface area (Å²) in [6.45, 7) is 16.4. The van der Waals surface area contributed by atoms with Crippen LogP contribution in [0.2, 0.25) is 13.1 Å². The summed E-state index contributed by atoms with van der Waals surface area (Å²) in [5.41, 5.74) is 3.32. The van der Waals surface area contributed by atoms with Crippen LogP contribution < -0.4 is 0 Å². The Bertz CT molecular complexity index is 761. The Morgan fingerprint density at radius 2 is 1.80 bits per heavy atom. The summed E-state index contributed by atoms with van der Waals surface area (Å²) in [7, 11) is -1.29. The van der Waals surface area contributed by atoms with E-state index in [1.165, 1.54) is 25.7 Å². The highest BCUT2D eigenvalue weighted by Crippen LogP contribution is 2.65. The molecule has 0 spiro atoms. The third-order valence-electron chi connectivity index (χ3n) is 9.86. The van der Waals surface area contributed by atoms with Crippen LogP contribution in [-0.2, 0) is 9.22 Å². The van der Waals surface area contributed by atoms with E-state index in [2.05, 4.69) is 59.9 Å². The molecule has 3 saturated carbocycles. The minimum atomic E-state index is -1.29. The number of carbonyl (C=O) groups excluding carboxylic acids is 1. The van der Waals surface area contributed by atoms with Crippen molar-refractivity contribution in [1.29, 1.82) is 0 Å². The maximum Gasteiger partial charge on any atom is 0.171 e. The zero-order chi connectivity index (χ0) is 21.9. The molecule has 0 aromatic rings. The Morgan fingerprint density at radius 1 is 1.07 bits per heavy atom. The van der Waals surface area contributed by atoms with E-state index in [0.717, 1.165) is 25.7 Å². The predicted molar refractivity (Wildman–Crippen MR) is 128 cm³/mol. The first-order valence-electron chi connectivity index (χ1n) is 12.6. The fraction of sp³-hybridized carbons (Fsp3) is 0.815. The molecule has 0 saturated heterocycles. The van der Waals surface area contributed by atoms with E-state index >= 15 is 0 Å². The van der Waals surface area contributed by atoms with Crippen molar-refractivity contribution in [3.63, 3.8) is 0 Å². The van der Waals surface area contributed by atoms with Crippen molar-refractivity contribution < 1.29 is 9.22 Å². The quantitative estimate of drug-likeness (QED) is 0.447. The lowest BCUT2D eigenvalue weighted by atomic mass is 9.48. The van der Waals surface area contributed by atoms with Crippen LogP contribution in [0.1, 0.15) is 86.0 Å². The molecule has 2 nitrogen and oxygen atoms in total. The largest absolute Gasteiger partial charge is 0.416 e. The van der Waals surface area contributed by atoms with E-state index in [1.807, 2.05) is 0 Å². The third-order valence-corrected chi connectivity index (χ3v) is 10.7. The van der Waals surface area contributed by atoms with Crippen molar-refractivity contribution in [3.8, 4) is 0 Å². The maximum absolute atomic E-state index is 13.8. The highest BCUT2D eigenvalue weighted by atomic mass is 28.3. The van der Waals surface area contributed by atoms with Crippen LogP contribution in [0.25, 0.3) is 0 Å². The van der Waals surface area contributed by atoms with Crippen LogP contribution in [0.5, 0.6) is 0 Å². The van der Waals surface area contributed by atoms with E-state index in [1.54, 1.807) is 11.1 Å². The van der Waals surface area contributed by atoms with E-state index in [4.69, 9.17) is 4.43 Å². The Kier molecular flexibility index (Phi) is 5.80. The first-order valence-corrected chi connectivity index (χ1v) is 15.4. The summed E-state index contributed by atoms with van der Waals surface area (Å²) < 4.78 is 6.88. The molecule has 0 aliphatic heterocycles. The second-order valence-electron chi connectivity index (χ2n) is 12.2. The molecular formula is C27H44O2Si. The molecular weight excluding hydrogens is 384 g/mol. The molecule has 0 aromatic heterocycles. The minimum Gasteiger partial charge on any atom is -0.416 e. The van der Waals surface area contributed by atoms with Gasteiger partial charge in [-0.05, 0) is 80.2 Å².